The summed E-state index contributed by atoms with van der Waals surface area (Å²) in [4.78, 5) is 26.7. The first-order chi connectivity index (χ1) is 13.3. The van der Waals surface area contributed by atoms with E-state index in [0.29, 0.717) is 27.7 Å². The number of amides is 1. The minimum absolute atomic E-state index is 0.159. The molecular weight excluding hydrogens is 450 g/mol. The van der Waals surface area contributed by atoms with Gasteiger partial charge < -0.3 is 15.6 Å². The highest BCUT2D eigenvalue weighted by atomic mass is 79.9. The van der Waals surface area contributed by atoms with Crippen LogP contribution in [0.2, 0.25) is 5.02 Å². The molecule has 2 aromatic heterocycles. The molecule has 0 unspecified atom stereocenters. The number of anilines is 2. The fraction of sp³-hybridized carbons (Fsp3) is 0.0556. The molecule has 4 N–H and O–H groups in total. The summed E-state index contributed by atoms with van der Waals surface area (Å²) in [7, 11) is 1.76. The summed E-state index contributed by atoms with van der Waals surface area (Å²) >= 11 is 9.53. The van der Waals surface area contributed by atoms with Gasteiger partial charge in [0.1, 0.15) is 5.69 Å². The lowest BCUT2D eigenvalue weighted by molar-refractivity contribution is 0.102. The van der Waals surface area contributed by atoms with Crippen LogP contribution in [0.5, 0.6) is 0 Å². The Kier molecular flexibility index (Phi) is 4.48. The van der Waals surface area contributed by atoms with Crippen molar-refractivity contribution in [2.24, 2.45) is 7.05 Å². The zero-order valence-electron chi connectivity index (χ0n) is 14.4. The molecule has 4 rings (SSSR count). The van der Waals surface area contributed by atoms with Crippen molar-refractivity contribution in [1.82, 2.24) is 14.7 Å². The van der Waals surface area contributed by atoms with Gasteiger partial charge in [-0.1, -0.05) is 32.7 Å². The predicted molar refractivity (Wildman–Crippen MR) is 111 cm³/mol. The summed E-state index contributed by atoms with van der Waals surface area (Å²) in [6.45, 7) is 0. The van der Waals surface area contributed by atoms with E-state index in [-0.39, 0.29) is 11.7 Å². The average molecular weight is 463 g/mol. The van der Waals surface area contributed by atoms with E-state index in [4.69, 9.17) is 17.3 Å². The summed E-state index contributed by atoms with van der Waals surface area (Å²) in [5.41, 5.74) is 8.62. The highest BCUT2D eigenvalue weighted by Crippen LogP contribution is 2.32. The minimum atomic E-state index is -0.707. The van der Waals surface area contributed by atoms with Crippen LogP contribution >= 0.6 is 27.5 Å². The van der Waals surface area contributed by atoms with E-state index in [0.717, 1.165) is 15.4 Å². The highest BCUT2D eigenvalue weighted by molar-refractivity contribution is 9.10. The number of hydrogen-bond acceptors (Lipinski definition) is 5. The normalized spacial score (nSPS) is 11.1. The van der Waals surface area contributed by atoms with Crippen LogP contribution in [0.25, 0.3) is 22.3 Å². The number of nitrogens with two attached hydrogens (primary N) is 1. The molecule has 28 heavy (non-hydrogen) atoms. The lowest BCUT2D eigenvalue weighted by Crippen LogP contribution is -2.16. The maximum Gasteiger partial charge on any atom is 0.439 e. The third-order valence-electron chi connectivity index (χ3n) is 4.33. The lowest BCUT2D eigenvalue weighted by Gasteiger charge is -2.10. The number of rotatable bonds is 3. The van der Waals surface area contributed by atoms with Crippen LogP contribution in [0.4, 0.5) is 11.4 Å². The molecule has 10 heteroatoms. The number of nitrogens with zero attached hydrogens (tertiary/aromatic N) is 2. The average Bonchev–Trinajstić information content (AvgIpc) is 3.24. The summed E-state index contributed by atoms with van der Waals surface area (Å²) in [6.07, 6.45) is 0. The second-order valence-corrected chi connectivity index (χ2v) is 7.37. The zero-order valence-corrected chi connectivity index (χ0v) is 16.8. The van der Waals surface area contributed by atoms with Gasteiger partial charge in [-0.3, -0.25) is 14.3 Å². The number of aromatic nitrogens is 3. The largest absolute Gasteiger partial charge is 0.439 e. The molecule has 0 atom stereocenters. The monoisotopic (exact) mass is 461 g/mol. The van der Waals surface area contributed by atoms with Crippen LogP contribution in [0.15, 0.2) is 50.2 Å². The van der Waals surface area contributed by atoms with Crippen molar-refractivity contribution in [3.05, 3.63) is 62.1 Å². The van der Waals surface area contributed by atoms with Gasteiger partial charge in [0.15, 0.2) is 5.82 Å². The van der Waals surface area contributed by atoms with E-state index in [1.165, 1.54) is 0 Å². The van der Waals surface area contributed by atoms with E-state index in [9.17, 15) is 9.59 Å². The van der Waals surface area contributed by atoms with Crippen LogP contribution in [0.3, 0.4) is 0 Å². The summed E-state index contributed by atoms with van der Waals surface area (Å²) < 4.78 is 7.10. The highest BCUT2D eigenvalue weighted by Gasteiger charge is 2.19. The molecule has 4 aromatic rings. The molecule has 0 aliphatic carbocycles. The molecule has 0 aliphatic heterocycles. The Hall–Kier alpha value is -3.04. The predicted octanol–water partition coefficient (Wildman–Crippen LogP) is 3.77. The van der Waals surface area contributed by atoms with E-state index in [1.807, 2.05) is 6.07 Å². The Balaban J connectivity index is 1.77. The standard InChI is InChI=1S/C18H13BrClN5O3/c1-25-14(7-9-11(19)3-4-12(21)15(9)25)17(26)22-13-5-2-8(20)6-10(13)16-23-18(27)28-24-16/h2-7H,21H2,1H3,(H,22,26)(H,23,24,27). The van der Waals surface area contributed by atoms with Gasteiger partial charge >= 0.3 is 5.76 Å². The van der Waals surface area contributed by atoms with Crippen molar-refractivity contribution < 1.29 is 9.32 Å². The Morgan fingerprint density at radius 2 is 2.11 bits per heavy atom. The zero-order chi connectivity index (χ0) is 20.0. The molecule has 1 amide bonds. The number of carbonyl (C=O) groups is 1. The third-order valence-corrected chi connectivity index (χ3v) is 5.26. The Bertz CT molecular complexity index is 1290. The number of fused-ring (bicyclic) bond motifs is 1. The molecule has 0 spiro atoms. The van der Waals surface area contributed by atoms with Gasteiger partial charge in [0.05, 0.1) is 16.9 Å². The van der Waals surface area contributed by atoms with Crippen molar-refractivity contribution in [2.75, 3.05) is 11.1 Å². The molecule has 0 bridgehead atoms. The number of hydrogen-bond donors (Lipinski definition) is 3. The Morgan fingerprint density at radius 3 is 2.79 bits per heavy atom. The van der Waals surface area contributed by atoms with Crippen LogP contribution in [-0.4, -0.2) is 20.6 Å². The van der Waals surface area contributed by atoms with E-state index < -0.39 is 5.76 Å². The van der Waals surface area contributed by atoms with Crippen molar-refractivity contribution in [3.63, 3.8) is 0 Å². The number of nitrogen functional groups attached to an aromatic ring is 1. The van der Waals surface area contributed by atoms with Gasteiger partial charge in [0.2, 0.25) is 0 Å². The van der Waals surface area contributed by atoms with Gasteiger partial charge in [-0.15, -0.1) is 0 Å². The van der Waals surface area contributed by atoms with Crippen LogP contribution < -0.4 is 16.8 Å². The molecular formula is C18H13BrClN5O3. The summed E-state index contributed by atoms with van der Waals surface area (Å²) in [6, 6.07) is 10.2. The fourth-order valence-electron chi connectivity index (χ4n) is 3.04. The fourth-order valence-corrected chi connectivity index (χ4v) is 3.64. The number of halogens is 2. The molecule has 0 saturated heterocycles. The maximum absolute atomic E-state index is 13.0. The minimum Gasteiger partial charge on any atom is -0.397 e. The third kappa shape index (κ3) is 3.08. The number of benzene rings is 2. The number of aromatic amines is 1. The van der Waals surface area contributed by atoms with Crippen LogP contribution in [-0.2, 0) is 7.05 Å². The van der Waals surface area contributed by atoms with Crippen LogP contribution in [0.1, 0.15) is 10.5 Å². The summed E-state index contributed by atoms with van der Waals surface area (Å²) in [5, 5.41) is 7.73. The molecule has 142 valence electrons. The first-order valence-corrected chi connectivity index (χ1v) is 9.23. The number of H-pyrrole nitrogens is 1. The number of nitrogens with one attached hydrogen (secondary N) is 2. The SMILES string of the molecule is Cn1c(C(=O)Nc2ccc(Cl)cc2-c2noc(=O)[nH]2)cc2c(Br)ccc(N)c21. The topological polar surface area (TPSA) is 119 Å². The van der Waals surface area contributed by atoms with Gasteiger partial charge in [-0.2, -0.15) is 0 Å². The first kappa shape index (κ1) is 18.3. The van der Waals surface area contributed by atoms with Crippen molar-refractivity contribution in [3.8, 4) is 11.4 Å². The molecule has 0 fully saturated rings. The van der Waals surface area contributed by atoms with Gasteiger partial charge in [-0.25, -0.2) is 4.79 Å². The molecule has 0 aliphatic rings. The van der Waals surface area contributed by atoms with E-state index in [2.05, 4.69) is 35.9 Å². The maximum atomic E-state index is 13.0. The van der Waals surface area contributed by atoms with E-state index >= 15 is 0 Å². The number of aryl methyl sites for hydroxylation is 1. The molecule has 8 nitrogen and oxygen atoms in total. The molecule has 2 aromatic carbocycles. The van der Waals surface area contributed by atoms with Gasteiger partial charge in [0.25, 0.3) is 5.91 Å². The van der Waals surface area contributed by atoms with Crippen molar-refractivity contribution >= 4 is 55.7 Å². The van der Waals surface area contributed by atoms with Gasteiger partial charge in [-0.05, 0) is 36.4 Å². The smallest absolute Gasteiger partial charge is 0.397 e. The molecule has 0 saturated carbocycles. The Labute approximate surface area is 171 Å². The number of carbonyl (C=O) groups excluding carboxylic acids is 1. The quantitative estimate of drug-likeness (QED) is 0.400. The Morgan fingerprint density at radius 1 is 1.32 bits per heavy atom. The van der Waals surface area contributed by atoms with Gasteiger partial charge in [0, 0.05) is 27.5 Å². The second kappa shape index (κ2) is 6.84. The molecule has 0 radical (unpaired) electrons. The first-order valence-electron chi connectivity index (χ1n) is 8.06. The summed E-state index contributed by atoms with van der Waals surface area (Å²) in [5.74, 6) is -0.910. The van der Waals surface area contributed by atoms with Crippen molar-refractivity contribution in [1.29, 1.82) is 0 Å². The lowest BCUT2D eigenvalue weighted by atomic mass is 10.1. The molecule has 2 heterocycles. The van der Waals surface area contributed by atoms with E-state index in [1.54, 1.807) is 41.9 Å². The van der Waals surface area contributed by atoms with Crippen molar-refractivity contribution in [2.45, 2.75) is 0 Å². The van der Waals surface area contributed by atoms with Crippen LogP contribution in [0, 0.1) is 0 Å². The second-order valence-electron chi connectivity index (χ2n) is 6.08.